The largest absolute Gasteiger partial charge is 0.496 e. The summed E-state index contributed by atoms with van der Waals surface area (Å²) in [6.07, 6.45) is 22.5. The van der Waals surface area contributed by atoms with Gasteiger partial charge in [0, 0.05) is 23.8 Å². The van der Waals surface area contributed by atoms with E-state index in [0.717, 1.165) is 17.0 Å². The van der Waals surface area contributed by atoms with Crippen LogP contribution in [0.3, 0.4) is 0 Å². The summed E-state index contributed by atoms with van der Waals surface area (Å²) in [5.41, 5.74) is 2.26. The number of aliphatic imine (C=N–C) groups is 1. The number of ether oxygens (including phenoxy) is 1. The molecule has 1 aromatic heterocycles. The molecular formula is C24H28N6O. The lowest BCUT2D eigenvalue weighted by Crippen LogP contribution is -1.99. The van der Waals surface area contributed by atoms with Crippen LogP contribution in [0.15, 0.2) is 94.9 Å². The third kappa shape index (κ3) is 9.33. The molecule has 1 aromatic rings. The lowest BCUT2D eigenvalue weighted by atomic mass is 10.1. The van der Waals surface area contributed by atoms with Crippen molar-refractivity contribution in [2.45, 2.75) is 27.2 Å². The normalized spacial score (nSPS) is 14.3. The summed E-state index contributed by atoms with van der Waals surface area (Å²) in [5.74, 6) is 1.33. The molecule has 7 heteroatoms. The Bertz CT molecular complexity index is 1010. The second kappa shape index (κ2) is 14.9. The van der Waals surface area contributed by atoms with Gasteiger partial charge in [-0.3, -0.25) is 4.99 Å². The van der Waals surface area contributed by atoms with Crippen LogP contribution in [0.2, 0.25) is 0 Å². The van der Waals surface area contributed by atoms with E-state index in [9.17, 15) is 0 Å². The topological polar surface area (TPSA) is 89.0 Å². The Labute approximate surface area is 184 Å². The summed E-state index contributed by atoms with van der Waals surface area (Å²) in [6, 6.07) is 2.11. The molecule has 0 bridgehead atoms. The molecule has 0 amide bonds. The smallest absolute Gasteiger partial charge is 0.179 e. The predicted octanol–water partition coefficient (Wildman–Crippen LogP) is 4.91. The van der Waals surface area contributed by atoms with Gasteiger partial charge in [-0.15, -0.1) is 15.0 Å². The zero-order valence-electron chi connectivity index (χ0n) is 18.4. The van der Waals surface area contributed by atoms with Crippen molar-refractivity contribution >= 4 is 12.4 Å². The number of aromatic nitrogens is 4. The molecule has 0 aromatic carbocycles. The molecule has 0 spiro atoms. The average Bonchev–Trinajstić information content (AvgIpc) is 3.26. The molecule has 7 nitrogen and oxygen atoms in total. The first-order valence-electron chi connectivity index (χ1n) is 9.66. The molecule has 0 saturated heterocycles. The van der Waals surface area contributed by atoms with Crippen molar-refractivity contribution < 1.29 is 4.74 Å². The van der Waals surface area contributed by atoms with Crippen molar-refractivity contribution in [3.05, 3.63) is 95.8 Å². The number of rotatable bonds is 11. The van der Waals surface area contributed by atoms with Crippen LogP contribution in [0.4, 0.5) is 0 Å². The van der Waals surface area contributed by atoms with E-state index in [1.807, 2.05) is 69.4 Å². The second-order valence-corrected chi connectivity index (χ2v) is 6.01. The first kappa shape index (κ1) is 25.0. The fourth-order valence-electron chi connectivity index (χ4n) is 2.25. The van der Waals surface area contributed by atoms with E-state index in [2.05, 4.69) is 33.2 Å². The van der Waals surface area contributed by atoms with Crippen LogP contribution in [0, 0.1) is 11.3 Å². The second-order valence-electron chi connectivity index (χ2n) is 6.01. The Balaban J connectivity index is 3.00. The maximum atomic E-state index is 8.96. The van der Waals surface area contributed by atoms with Gasteiger partial charge in [0.15, 0.2) is 5.82 Å². The summed E-state index contributed by atoms with van der Waals surface area (Å²) in [5, 5.41) is 21.5. The van der Waals surface area contributed by atoms with E-state index in [1.165, 1.54) is 4.80 Å². The van der Waals surface area contributed by atoms with Crippen LogP contribution < -0.4 is 0 Å². The van der Waals surface area contributed by atoms with E-state index >= 15 is 0 Å². The van der Waals surface area contributed by atoms with Crippen molar-refractivity contribution in [3.63, 3.8) is 0 Å². The van der Waals surface area contributed by atoms with Gasteiger partial charge in [-0.2, -0.15) is 5.26 Å². The van der Waals surface area contributed by atoms with E-state index in [-0.39, 0.29) is 0 Å². The molecule has 0 N–H and O–H groups in total. The number of nitrogens with zero attached hydrogens (tertiary/aromatic N) is 6. The van der Waals surface area contributed by atoms with Crippen molar-refractivity contribution in [3.8, 4) is 6.07 Å². The molecule has 160 valence electrons. The lowest BCUT2D eigenvalue weighted by molar-refractivity contribution is 0.302. The van der Waals surface area contributed by atoms with E-state index < -0.39 is 0 Å². The Kier molecular flexibility index (Phi) is 12.0. The minimum Gasteiger partial charge on any atom is -0.496 e. The zero-order valence-corrected chi connectivity index (χ0v) is 18.4. The van der Waals surface area contributed by atoms with E-state index in [0.29, 0.717) is 17.8 Å². The zero-order chi connectivity index (χ0) is 22.9. The van der Waals surface area contributed by atoms with Crippen molar-refractivity contribution in [2.75, 3.05) is 7.11 Å². The monoisotopic (exact) mass is 416 g/mol. The summed E-state index contributed by atoms with van der Waals surface area (Å²) in [4.78, 5) is 5.11. The molecule has 0 atom stereocenters. The van der Waals surface area contributed by atoms with Crippen LogP contribution in [-0.2, 0) is 11.2 Å². The third-order valence-corrected chi connectivity index (χ3v) is 3.88. The minimum absolute atomic E-state index is 0.564. The molecule has 0 aliphatic heterocycles. The molecule has 1 rings (SSSR count). The Hall–Kier alpha value is -4.05. The van der Waals surface area contributed by atoms with Crippen LogP contribution >= 0.6 is 0 Å². The average molecular weight is 417 g/mol. The van der Waals surface area contributed by atoms with Crippen LogP contribution in [-0.4, -0.2) is 34.0 Å². The molecule has 0 radical (unpaired) electrons. The molecule has 0 saturated carbocycles. The predicted molar refractivity (Wildman–Crippen MR) is 126 cm³/mol. The van der Waals surface area contributed by atoms with E-state index in [1.54, 1.807) is 31.5 Å². The van der Waals surface area contributed by atoms with Crippen molar-refractivity contribution in [1.29, 1.82) is 5.26 Å². The number of hydrogen-bond donors (Lipinski definition) is 0. The highest BCUT2D eigenvalue weighted by Crippen LogP contribution is 2.14. The summed E-state index contributed by atoms with van der Waals surface area (Å²) >= 11 is 0. The van der Waals surface area contributed by atoms with Crippen molar-refractivity contribution in [1.82, 2.24) is 20.2 Å². The van der Waals surface area contributed by atoms with Crippen LogP contribution in [0.1, 0.15) is 26.6 Å². The minimum atomic E-state index is 0.564. The van der Waals surface area contributed by atoms with Gasteiger partial charge in [0.25, 0.3) is 0 Å². The van der Waals surface area contributed by atoms with Gasteiger partial charge in [-0.05, 0) is 63.1 Å². The number of methoxy groups -OCH3 is 1. The molecule has 0 aliphatic rings. The van der Waals surface area contributed by atoms with Gasteiger partial charge in [0.05, 0.1) is 18.9 Å². The maximum absolute atomic E-state index is 8.96. The third-order valence-electron chi connectivity index (χ3n) is 3.88. The van der Waals surface area contributed by atoms with Crippen LogP contribution in [0.5, 0.6) is 0 Å². The molecular weight excluding hydrogens is 388 g/mol. The molecule has 1 heterocycles. The van der Waals surface area contributed by atoms with Gasteiger partial charge in [0.1, 0.15) is 5.76 Å². The number of allylic oxidation sites excluding steroid dienone is 13. The Morgan fingerprint density at radius 2 is 1.94 bits per heavy atom. The molecule has 31 heavy (non-hydrogen) atoms. The first-order chi connectivity index (χ1) is 15.1. The summed E-state index contributed by atoms with van der Waals surface area (Å²) in [7, 11) is 1.62. The fourth-order valence-corrected chi connectivity index (χ4v) is 2.25. The highest BCUT2D eigenvalue weighted by Gasteiger charge is 2.03. The quantitative estimate of drug-likeness (QED) is 0.221. The Morgan fingerprint density at radius 3 is 2.58 bits per heavy atom. The highest BCUT2D eigenvalue weighted by molar-refractivity contribution is 5.48. The van der Waals surface area contributed by atoms with Crippen molar-refractivity contribution in [2.24, 2.45) is 4.99 Å². The molecule has 0 unspecified atom stereocenters. The fraction of sp³-hybridized carbons (Fsp3) is 0.208. The van der Waals surface area contributed by atoms with Gasteiger partial charge >= 0.3 is 0 Å². The van der Waals surface area contributed by atoms with Crippen LogP contribution in [0.25, 0.3) is 5.70 Å². The van der Waals surface area contributed by atoms with Gasteiger partial charge in [0.2, 0.25) is 0 Å². The Morgan fingerprint density at radius 1 is 1.16 bits per heavy atom. The van der Waals surface area contributed by atoms with Gasteiger partial charge in [-0.25, -0.2) is 0 Å². The number of tetrazole rings is 1. The SMILES string of the molecule is C=N/C=C\C=C/Cc1nnn(/C(C)=C/C=C(/C=C/C=C\C(C#N)=C/C)C(=C/C)\OC)n1. The molecule has 0 aliphatic carbocycles. The summed E-state index contributed by atoms with van der Waals surface area (Å²) in [6.45, 7) is 8.99. The number of hydrogen-bond acceptors (Lipinski definition) is 6. The standard InChI is InChI=1S/C24H28N6O/c1-6-21(19-25)13-10-11-14-22(23(7-2)31-5)17-16-20(3)30-28-24(27-29-30)15-9-8-12-18-26-4/h6-14,16-18H,4,15H2,1-3,5H3/b9-8-,13-10-,14-11+,18-12-,20-16+,21-6+,22-17-,23-7+. The van der Waals surface area contributed by atoms with E-state index in [4.69, 9.17) is 10.00 Å². The van der Waals surface area contributed by atoms with Gasteiger partial charge in [-0.1, -0.05) is 36.5 Å². The lowest BCUT2D eigenvalue weighted by Gasteiger charge is -2.06. The number of nitriles is 1. The first-order valence-corrected chi connectivity index (χ1v) is 9.66. The maximum Gasteiger partial charge on any atom is 0.179 e. The highest BCUT2D eigenvalue weighted by atomic mass is 16.5. The summed E-state index contributed by atoms with van der Waals surface area (Å²) < 4.78 is 5.45. The van der Waals surface area contributed by atoms with Gasteiger partial charge < -0.3 is 4.74 Å². The molecule has 0 fully saturated rings.